The third kappa shape index (κ3) is 6.08. The van der Waals surface area contributed by atoms with Crippen molar-refractivity contribution in [3.63, 3.8) is 0 Å². The third-order valence-electron chi connectivity index (χ3n) is 6.56. The Morgan fingerprint density at radius 1 is 1.22 bits per heavy atom. The molecule has 2 aromatic carbocycles. The lowest BCUT2D eigenvalue weighted by molar-refractivity contribution is -0.135. The van der Waals surface area contributed by atoms with E-state index in [-0.39, 0.29) is 42.7 Å². The average Bonchev–Trinajstić information content (AvgIpc) is 3.36. The van der Waals surface area contributed by atoms with Gasteiger partial charge in [0.1, 0.15) is 13.2 Å². The van der Waals surface area contributed by atoms with E-state index < -0.39 is 5.82 Å². The summed E-state index contributed by atoms with van der Waals surface area (Å²) in [5.74, 6) is -0.442. The monoisotopic (exact) mass is 528 g/mol. The summed E-state index contributed by atoms with van der Waals surface area (Å²) >= 11 is 7.77. The van der Waals surface area contributed by atoms with Crippen LogP contribution >= 0.6 is 22.9 Å². The van der Waals surface area contributed by atoms with Crippen molar-refractivity contribution in [2.45, 2.75) is 32.7 Å². The van der Waals surface area contributed by atoms with Crippen LogP contribution in [0.15, 0.2) is 60.0 Å². The van der Waals surface area contributed by atoms with Gasteiger partial charge in [0.15, 0.2) is 11.6 Å². The van der Waals surface area contributed by atoms with E-state index in [1.165, 1.54) is 10.9 Å². The number of nitrogens with zero attached hydrogens (tertiary/aromatic N) is 2. The molecule has 5 nitrogen and oxygen atoms in total. The van der Waals surface area contributed by atoms with E-state index >= 15 is 0 Å². The Bertz CT molecular complexity index is 1220. The van der Waals surface area contributed by atoms with Crippen LogP contribution in [0, 0.1) is 11.7 Å². The van der Waals surface area contributed by atoms with Crippen LogP contribution in [-0.4, -0.2) is 47.9 Å². The number of thiophene rings is 1. The normalized spacial score (nSPS) is 15.8. The largest absolute Gasteiger partial charge is 0.488 e. The molecule has 2 unspecified atom stereocenters. The Kier molecular flexibility index (Phi) is 8.64. The minimum Gasteiger partial charge on any atom is -0.488 e. The fourth-order valence-corrected chi connectivity index (χ4v) is 5.51. The fraction of sp³-hybridized carbons (Fsp3) is 0.357. The van der Waals surface area contributed by atoms with Crippen LogP contribution in [0.3, 0.4) is 0 Å². The standard InChI is InChI=1S/C28H30ClFN2O3S/c1-3-19(2)16-31(28(34)20-7-6-8-21(29)15-20)17-27(33)32-13-11-26-22(12-14-36-26)24(32)18-35-25-10-5-4-9-23(25)30/h4-10,12,14-15,19,24H,3,11,13,16-18H2,1-2H3. The summed E-state index contributed by atoms with van der Waals surface area (Å²) in [6.45, 7) is 5.18. The molecule has 2 heterocycles. The lowest BCUT2D eigenvalue weighted by Gasteiger charge is -2.37. The van der Waals surface area contributed by atoms with E-state index in [4.69, 9.17) is 16.3 Å². The number of carbonyl (C=O) groups is 2. The smallest absolute Gasteiger partial charge is 0.254 e. The van der Waals surface area contributed by atoms with E-state index in [9.17, 15) is 14.0 Å². The second-order valence-corrected chi connectivity index (χ2v) is 10.5. The van der Waals surface area contributed by atoms with Crippen molar-refractivity contribution in [1.29, 1.82) is 0 Å². The Labute approximate surface area is 220 Å². The highest BCUT2D eigenvalue weighted by atomic mass is 35.5. The summed E-state index contributed by atoms with van der Waals surface area (Å²) in [5.41, 5.74) is 1.47. The van der Waals surface area contributed by atoms with E-state index in [0.717, 1.165) is 18.4 Å². The number of hydrogen-bond acceptors (Lipinski definition) is 4. The highest BCUT2D eigenvalue weighted by molar-refractivity contribution is 7.10. The highest BCUT2D eigenvalue weighted by Crippen LogP contribution is 2.34. The van der Waals surface area contributed by atoms with E-state index in [2.05, 4.69) is 13.8 Å². The molecule has 2 atom stereocenters. The second kappa shape index (κ2) is 11.9. The summed E-state index contributed by atoms with van der Waals surface area (Å²) in [4.78, 5) is 31.6. The maximum absolute atomic E-state index is 14.2. The van der Waals surface area contributed by atoms with Crippen LogP contribution in [0.25, 0.3) is 0 Å². The molecule has 0 saturated heterocycles. The molecule has 2 amide bonds. The molecule has 1 aromatic heterocycles. The zero-order valence-corrected chi connectivity index (χ0v) is 22.0. The molecule has 1 aliphatic rings. The van der Waals surface area contributed by atoms with Crippen LogP contribution in [0.2, 0.25) is 5.02 Å². The van der Waals surface area contributed by atoms with Gasteiger partial charge in [-0.1, -0.05) is 50.1 Å². The van der Waals surface area contributed by atoms with Gasteiger partial charge >= 0.3 is 0 Å². The van der Waals surface area contributed by atoms with Crippen molar-refractivity contribution in [1.82, 2.24) is 9.80 Å². The van der Waals surface area contributed by atoms with Crippen LogP contribution in [-0.2, 0) is 11.2 Å². The van der Waals surface area contributed by atoms with Gasteiger partial charge in [-0.05, 0) is 59.7 Å². The maximum atomic E-state index is 14.2. The number of halogens is 2. The van der Waals surface area contributed by atoms with Crippen molar-refractivity contribution in [2.75, 3.05) is 26.2 Å². The van der Waals surface area contributed by atoms with Crippen molar-refractivity contribution < 1.29 is 18.7 Å². The van der Waals surface area contributed by atoms with E-state index in [0.29, 0.717) is 23.7 Å². The van der Waals surface area contributed by atoms with Gasteiger partial charge in [-0.25, -0.2) is 4.39 Å². The SMILES string of the molecule is CCC(C)CN(CC(=O)N1CCc2sccc2C1COc1ccccc1F)C(=O)c1cccc(Cl)c1. The van der Waals surface area contributed by atoms with Crippen LogP contribution in [0.5, 0.6) is 5.75 Å². The lowest BCUT2D eigenvalue weighted by atomic mass is 10.00. The molecule has 3 aromatic rings. The molecule has 0 fully saturated rings. The van der Waals surface area contributed by atoms with Gasteiger partial charge in [0, 0.05) is 28.6 Å². The second-order valence-electron chi connectivity index (χ2n) is 9.10. The Morgan fingerprint density at radius 3 is 2.78 bits per heavy atom. The van der Waals surface area contributed by atoms with Gasteiger partial charge in [-0.2, -0.15) is 0 Å². The van der Waals surface area contributed by atoms with Gasteiger partial charge in [0.25, 0.3) is 5.91 Å². The molecule has 190 valence electrons. The molecule has 8 heteroatoms. The van der Waals surface area contributed by atoms with Gasteiger partial charge < -0.3 is 14.5 Å². The molecule has 0 saturated carbocycles. The fourth-order valence-electron chi connectivity index (χ4n) is 4.39. The first-order chi connectivity index (χ1) is 17.4. The summed E-state index contributed by atoms with van der Waals surface area (Å²) in [5, 5.41) is 2.48. The predicted octanol–water partition coefficient (Wildman–Crippen LogP) is 6.23. The zero-order valence-electron chi connectivity index (χ0n) is 20.5. The number of amides is 2. The molecule has 0 N–H and O–H groups in total. The van der Waals surface area contributed by atoms with Crippen molar-refractivity contribution in [2.24, 2.45) is 5.92 Å². The van der Waals surface area contributed by atoms with Gasteiger partial charge in [-0.15, -0.1) is 11.3 Å². The molecule has 4 rings (SSSR count). The molecule has 0 radical (unpaired) electrons. The summed E-state index contributed by atoms with van der Waals surface area (Å²) in [6.07, 6.45) is 1.62. The molecule has 36 heavy (non-hydrogen) atoms. The Morgan fingerprint density at radius 2 is 2.03 bits per heavy atom. The molecule has 0 spiro atoms. The first-order valence-corrected chi connectivity index (χ1v) is 13.4. The number of hydrogen-bond donors (Lipinski definition) is 0. The van der Waals surface area contributed by atoms with Crippen molar-refractivity contribution >= 4 is 34.8 Å². The molecule has 0 bridgehead atoms. The molecular formula is C28H30ClFN2O3S. The van der Waals surface area contributed by atoms with Crippen LogP contribution in [0.1, 0.15) is 47.1 Å². The first kappa shape index (κ1) is 26.2. The van der Waals surface area contributed by atoms with Crippen LogP contribution in [0.4, 0.5) is 4.39 Å². The Hall–Kier alpha value is -2.90. The highest BCUT2D eigenvalue weighted by Gasteiger charge is 2.34. The maximum Gasteiger partial charge on any atom is 0.254 e. The average molecular weight is 529 g/mol. The number of fused-ring (bicyclic) bond motifs is 1. The van der Waals surface area contributed by atoms with Crippen LogP contribution < -0.4 is 4.74 Å². The quantitative estimate of drug-likeness (QED) is 0.330. The van der Waals surface area contributed by atoms with Gasteiger partial charge in [0.2, 0.25) is 5.91 Å². The van der Waals surface area contributed by atoms with Crippen molar-refractivity contribution in [3.05, 3.63) is 86.8 Å². The molecule has 1 aliphatic heterocycles. The first-order valence-electron chi connectivity index (χ1n) is 12.1. The lowest BCUT2D eigenvalue weighted by Crippen LogP contribution is -2.48. The number of carbonyl (C=O) groups excluding carboxylic acids is 2. The zero-order chi connectivity index (χ0) is 25.7. The topological polar surface area (TPSA) is 49.9 Å². The van der Waals surface area contributed by atoms with Gasteiger partial charge in [0.05, 0.1) is 6.04 Å². The Balaban J connectivity index is 1.55. The summed E-state index contributed by atoms with van der Waals surface area (Å²) in [6, 6.07) is 14.7. The number of benzene rings is 2. The third-order valence-corrected chi connectivity index (χ3v) is 7.79. The van der Waals surface area contributed by atoms with E-state index in [1.807, 2.05) is 11.4 Å². The summed E-state index contributed by atoms with van der Waals surface area (Å²) in [7, 11) is 0. The summed E-state index contributed by atoms with van der Waals surface area (Å²) < 4.78 is 20.0. The van der Waals surface area contributed by atoms with Crippen molar-refractivity contribution in [3.8, 4) is 5.75 Å². The number of para-hydroxylation sites is 1. The minimum atomic E-state index is -0.441. The molecule has 0 aliphatic carbocycles. The number of rotatable bonds is 9. The predicted molar refractivity (Wildman–Crippen MR) is 141 cm³/mol. The number of ether oxygens (including phenoxy) is 1. The van der Waals surface area contributed by atoms with E-state index in [1.54, 1.807) is 63.6 Å². The minimum absolute atomic E-state index is 0.0502. The molecular weight excluding hydrogens is 499 g/mol. The van der Waals surface area contributed by atoms with Gasteiger partial charge in [-0.3, -0.25) is 9.59 Å².